The fraction of sp³-hybridized carbons (Fsp3) is 0.667. The van der Waals surface area contributed by atoms with Crippen LogP contribution in [-0.4, -0.2) is 19.2 Å². The highest BCUT2D eigenvalue weighted by Crippen LogP contribution is 2.39. The van der Waals surface area contributed by atoms with Crippen LogP contribution in [0.15, 0.2) is 24.3 Å². The van der Waals surface area contributed by atoms with Crippen molar-refractivity contribution in [3.8, 4) is 5.75 Å². The lowest BCUT2D eigenvalue weighted by Gasteiger charge is -2.42. The first-order chi connectivity index (χ1) is 9.51. The average Bonchev–Trinajstić information content (AvgIpc) is 2.42. The predicted octanol–water partition coefficient (Wildman–Crippen LogP) is 4.29. The third kappa shape index (κ3) is 3.35. The summed E-state index contributed by atoms with van der Waals surface area (Å²) >= 11 is 0. The van der Waals surface area contributed by atoms with Crippen LogP contribution in [0, 0.1) is 0 Å². The Bertz CT molecular complexity index is 418. The van der Waals surface area contributed by atoms with E-state index in [9.17, 15) is 0 Å². The van der Waals surface area contributed by atoms with Gasteiger partial charge in [0.2, 0.25) is 0 Å². The van der Waals surface area contributed by atoms with E-state index in [0.29, 0.717) is 0 Å². The highest BCUT2D eigenvalue weighted by Gasteiger charge is 2.38. The summed E-state index contributed by atoms with van der Waals surface area (Å²) in [4.78, 5) is 0. The Morgan fingerprint density at radius 3 is 2.30 bits per heavy atom. The molecule has 1 fully saturated rings. The van der Waals surface area contributed by atoms with E-state index < -0.39 is 0 Å². The largest absolute Gasteiger partial charge is 0.487 e. The second kappa shape index (κ2) is 6.17. The highest BCUT2D eigenvalue weighted by atomic mass is 16.5. The molecule has 20 heavy (non-hydrogen) atoms. The first-order valence-electron chi connectivity index (χ1n) is 7.95. The molecular formula is C18H29NO. The van der Waals surface area contributed by atoms with Crippen LogP contribution in [0.25, 0.3) is 0 Å². The van der Waals surface area contributed by atoms with Gasteiger partial charge in [-0.25, -0.2) is 0 Å². The molecule has 1 N–H and O–H groups in total. The number of ether oxygens (including phenoxy) is 1. The normalized spacial score (nSPS) is 17.6. The lowest BCUT2D eigenvalue weighted by molar-refractivity contribution is -0.0139. The number of hydrogen-bond acceptors (Lipinski definition) is 2. The van der Waals surface area contributed by atoms with E-state index in [0.717, 1.165) is 25.1 Å². The van der Waals surface area contributed by atoms with E-state index in [1.807, 2.05) is 7.05 Å². The fourth-order valence-electron chi connectivity index (χ4n) is 2.76. The summed E-state index contributed by atoms with van der Waals surface area (Å²) in [7, 11) is 2.01. The fourth-order valence-corrected chi connectivity index (χ4v) is 2.76. The van der Waals surface area contributed by atoms with E-state index in [1.165, 1.54) is 24.8 Å². The van der Waals surface area contributed by atoms with Crippen LogP contribution in [-0.2, 0) is 5.41 Å². The van der Waals surface area contributed by atoms with Crippen molar-refractivity contribution in [1.82, 2.24) is 5.32 Å². The zero-order chi connectivity index (χ0) is 14.6. The first-order valence-corrected chi connectivity index (χ1v) is 7.95. The van der Waals surface area contributed by atoms with Gasteiger partial charge in [0.05, 0.1) is 0 Å². The zero-order valence-corrected chi connectivity index (χ0v) is 13.5. The molecule has 0 heterocycles. The summed E-state index contributed by atoms with van der Waals surface area (Å²) in [5.74, 6) is 1.02. The van der Waals surface area contributed by atoms with Crippen LogP contribution in [0.2, 0.25) is 0 Å². The summed E-state index contributed by atoms with van der Waals surface area (Å²) in [5, 5.41) is 3.23. The quantitative estimate of drug-likeness (QED) is 0.801. The molecule has 0 radical (unpaired) electrons. The molecule has 0 aromatic heterocycles. The second-order valence-corrected chi connectivity index (χ2v) is 6.75. The van der Waals surface area contributed by atoms with Gasteiger partial charge < -0.3 is 10.1 Å². The number of benzene rings is 1. The molecule has 1 aromatic carbocycles. The molecule has 1 aliphatic carbocycles. The predicted molar refractivity (Wildman–Crippen MR) is 85.5 cm³/mol. The van der Waals surface area contributed by atoms with Crippen LogP contribution in [0.4, 0.5) is 0 Å². The summed E-state index contributed by atoms with van der Waals surface area (Å²) in [6.45, 7) is 7.86. The van der Waals surface area contributed by atoms with E-state index in [-0.39, 0.29) is 11.0 Å². The molecule has 1 aliphatic rings. The van der Waals surface area contributed by atoms with Crippen LogP contribution in [0.5, 0.6) is 5.75 Å². The first kappa shape index (κ1) is 15.4. The molecule has 0 spiro atoms. The van der Waals surface area contributed by atoms with Crippen molar-refractivity contribution in [2.24, 2.45) is 0 Å². The standard InChI is InChI=1S/C18H29NO/c1-5-17(2,3)15-7-9-16(10-8-15)20-18(11-6-12-18)13-14-19-4/h7-10,19H,5-6,11-14H2,1-4H3. The van der Waals surface area contributed by atoms with Gasteiger partial charge in [0, 0.05) is 0 Å². The van der Waals surface area contributed by atoms with Gasteiger partial charge in [-0.2, -0.15) is 0 Å². The zero-order valence-electron chi connectivity index (χ0n) is 13.5. The van der Waals surface area contributed by atoms with Crippen molar-refractivity contribution in [2.45, 2.75) is 63.9 Å². The smallest absolute Gasteiger partial charge is 0.120 e. The summed E-state index contributed by atoms with van der Waals surface area (Å²) in [6.07, 6.45) is 5.93. The second-order valence-electron chi connectivity index (χ2n) is 6.75. The monoisotopic (exact) mass is 275 g/mol. The van der Waals surface area contributed by atoms with Crippen molar-refractivity contribution in [2.75, 3.05) is 13.6 Å². The third-order valence-electron chi connectivity index (χ3n) is 4.95. The van der Waals surface area contributed by atoms with Gasteiger partial charge in [-0.05, 0) is 68.8 Å². The van der Waals surface area contributed by atoms with Crippen LogP contribution in [0.1, 0.15) is 58.4 Å². The molecule has 2 heteroatoms. The Labute approximate surface area is 123 Å². The topological polar surface area (TPSA) is 21.3 Å². The van der Waals surface area contributed by atoms with Crippen molar-refractivity contribution < 1.29 is 4.74 Å². The van der Waals surface area contributed by atoms with E-state index >= 15 is 0 Å². The van der Waals surface area contributed by atoms with Gasteiger partial charge in [0.1, 0.15) is 11.4 Å². The molecule has 0 bridgehead atoms. The van der Waals surface area contributed by atoms with Gasteiger partial charge >= 0.3 is 0 Å². The molecule has 112 valence electrons. The van der Waals surface area contributed by atoms with Gasteiger partial charge in [-0.1, -0.05) is 32.9 Å². The van der Waals surface area contributed by atoms with Gasteiger partial charge in [0.15, 0.2) is 0 Å². The Kier molecular flexibility index (Phi) is 4.74. The van der Waals surface area contributed by atoms with Crippen LogP contribution in [0.3, 0.4) is 0 Å². The minimum Gasteiger partial charge on any atom is -0.487 e. The molecule has 2 nitrogen and oxygen atoms in total. The maximum absolute atomic E-state index is 6.30. The molecule has 1 saturated carbocycles. The molecule has 1 aromatic rings. The van der Waals surface area contributed by atoms with Crippen molar-refractivity contribution in [1.29, 1.82) is 0 Å². The summed E-state index contributed by atoms with van der Waals surface area (Å²) in [6, 6.07) is 8.74. The van der Waals surface area contributed by atoms with Gasteiger partial charge in [-0.15, -0.1) is 0 Å². The molecule has 2 rings (SSSR count). The molecule has 0 saturated heterocycles. The number of hydrogen-bond donors (Lipinski definition) is 1. The third-order valence-corrected chi connectivity index (χ3v) is 4.95. The molecule has 0 amide bonds. The van der Waals surface area contributed by atoms with E-state index in [4.69, 9.17) is 4.74 Å². The van der Waals surface area contributed by atoms with Crippen LogP contribution < -0.4 is 10.1 Å². The van der Waals surface area contributed by atoms with Gasteiger partial charge in [0.25, 0.3) is 0 Å². The molecule has 0 aliphatic heterocycles. The number of nitrogens with one attached hydrogen (secondary N) is 1. The van der Waals surface area contributed by atoms with Gasteiger partial charge in [-0.3, -0.25) is 0 Å². The Morgan fingerprint density at radius 1 is 1.20 bits per heavy atom. The Balaban J connectivity index is 2.03. The average molecular weight is 275 g/mol. The maximum Gasteiger partial charge on any atom is 0.120 e. The minimum absolute atomic E-state index is 0.0881. The lowest BCUT2D eigenvalue weighted by atomic mass is 9.77. The molecular weight excluding hydrogens is 246 g/mol. The van der Waals surface area contributed by atoms with Crippen molar-refractivity contribution in [3.63, 3.8) is 0 Å². The number of rotatable bonds is 7. The summed E-state index contributed by atoms with van der Waals surface area (Å²) in [5.41, 5.74) is 1.73. The van der Waals surface area contributed by atoms with Crippen LogP contribution >= 0.6 is 0 Å². The van der Waals surface area contributed by atoms with Crippen molar-refractivity contribution >= 4 is 0 Å². The van der Waals surface area contributed by atoms with Crippen molar-refractivity contribution in [3.05, 3.63) is 29.8 Å². The Morgan fingerprint density at radius 2 is 1.85 bits per heavy atom. The SMILES string of the molecule is CCC(C)(C)c1ccc(OC2(CCNC)CCC2)cc1. The van der Waals surface area contributed by atoms with E-state index in [2.05, 4.69) is 50.4 Å². The lowest BCUT2D eigenvalue weighted by Crippen LogP contribution is -2.45. The molecule has 0 atom stereocenters. The summed E-state index contributed by atoms with van der Waals surface area (Å²) < 4.78 is 6.30. The van der Waals surface area contributed by atoms with E-state index in [1.54, 1.807) is 0 Å². The minimum atomic E-state index is 0.0881. The maximum atomic E-state index is 6.30. The molecule has 0 unspecified atom stereocenters. The Hall–Kier alpha value is -1.02. The highest BCUT2D eigenvalue weighted by molar-refractivity contribution is 5.32.